The number of carbonyl (C=O) groups excluding carboxylic acids is 2. The van der Waals surface area contributed by atoms with Gasteiger partial charge in [-0.05, 0) is 31.8 Å². The fraction of sp³-hybridized carbons (Fsp3) is 0.300. The smallest absolute Gasteiger partial charge is 0.253 e. The Kier molecular flexibility index (Phi) is 7.63. The van der Waals surface area contributed by atoms with Crippen LogP contribution in [-0.2, 0) is 11.3 Å². The van der Waals surface area contributed by atoms with E-state index in [1.54, 1.807) is 29.2 Å². The van der Waals surface area contributed by atoms with Crippen LogP contribution in [-0.4, -0.2) is 55.3 Å². The standard InChI is InChI=1S/C20H24ClN3O2/c1-23(2)12-13-24(15-16-8-4-3-5-9-16)19(25)14-22-20(26)17-10-6-7-11-18(17)21/h3-11H,12-15H2,1-2H3,(H,22,26). The fourth-order valence-corrected chi connectivity index (χ4v) is 2.65. The summed E-state index contributed by atoms with van der Waals surface area (Å²) in [6.07, 6.45) is 0. The number of hydrogen-bond acceptors (Lipinski definition) is 3. The van der Waals surface area contributed by atoms with E-state index >= 15 is 0 Å². The van der Waals surface area contributed by atoms with Gasteiger partial charge in [0.25, 0.3) is 5.91 Å². The normalized spacial score (nSPS) is 10.6. The van der Waals surface area contributed by atoms with E-state index in [9.17, 15) is 9.59 Å². The average Bonchev–Trinajstić information content (AvgIpc) is 2.64. The zero-order chi connectivity index (χ0) is 18.9. The maximum Gasteiger partial charge on any atom is 0.253 e. The van der Waals surface area contributed by atoms with Crippen LogP contribution < -0.4 is 5.32 Å². The average molecular weight is 374 g/mol. The maximum absolute atomic E-state index is 12.6. The summed E-state index contributed by atoms with van der Waals surface area (Å²) in [5.41, 5.74) is 1.42. The summed E-state index contributed by atoms with van der Waals surface area (Å²) in [6.45, 7) is 1.78. The van der Waals surface area contributed by atoms with Gasteiger partial charge in [-0.1, -0.05) is 54.1 Å². The lowest BCUT2D eigenvalue weighted by Crippen LogP contribution is -2.42. The van der Waals surface area contributed by atoms with Crippen molar-refractivity contribution in [1.29, 1.82) is 0 Å². The molecule has 0 saturated carbocycles. The topological polar surface area (TPSA) is 52.6 Å². The van der Waals surface area contributed by atoms with E-state index in [1.807, 2.05) is 49.3 Å². The molecular weight excluding hydrogens is 350 g/mol. The van der Waals surface area contributed by atoms with Gasteiger partial charge in [-0.2, -0.15) is 0 Å². The summed E-state index contributed by atoms with van der Waals surface area (Å²) >= 11 is 6.03. The number of rotatable bonds is 8. The Balaban J connectivity index is 1.98. The number of amides is 2. The van der Waals surface area contributed by atoms with Crippen LogP contribution in [0.2, 0.25) is 5.02 Å². The third-order valence-corrected chi connectivity index (χ3v) is 4.23. The summed E-state index contributed by atoms with van der Waals surface area (Å²) in [5.74, 6) is -0.479. The number of carbonyl (C=O) groups is 2. The zero-order valence-electron chi connectivity index (χ0n) is 15.1. The Hall–Kier alpha value is -2.37. The second-order valence-corrected chi connectivity index (χ2v) is 6.67. The minimum atomic E-state index is -0.351. The molecule has 138 valence electrons. The SMILES string of the molecule is CN(C)CCN(Cc1ccccc1)C(=O)CNC(=O)c1ccccc1Cl. The molecule has 0 bridgehead atoms. The van der Waals surface area contributed by atoms with E-state index in [4.69, 9.17) is 11.6 Å². The summed E-state index contributed by atoms with van der Waals surface area (Å²) < 4.78 is 0. The summed E-state index contributed by atoms with van der Waals surface area (Å²) in [4.78, 5) is 28.7. The molecular formula is C20H24ClN3O2. The molecule has 0 unspecified atom stereocenters. The molecule has 0 spiro atoms. The molecule has 0 aromatic heterocycles. The van der Waals surface area contributed by atoms with Crippen molar-refractivity contribution in [2.45, 2.75) is 6.54 Å². The van der Waals surface area contributed by atoms with E-state index in [1.165, 1.54) is 0 Å². The Bertz CT molecular complexity index is 735. The molecule has 0 saturated heterocycles. The largest absolute Gasteiger partial charge is 0.343 e. The van der Waals surface area contributed by atoms with E-state index in [-0.39, 0.29) is 18.4 Å². The maximum atomic E-state index is 12.6. The lowest BCUT2D eigenvalue weighted by atomic mass is 10.2. The second-order valence-electron chi connectivity index (χ2n) is 6.27. The van der Waals surface area contributed by atoms with Crippen molar-refractivity contribution in [3.8, 4) is 0 Å². The number of nitrogens with zero attached hydrogens (tertiary/aromatic N) is 2. The first-order valence-electron chi connectivity index (χ1n) is 8.46. The van der Waals surface area contributed by atoms with Gasteiger partial charge in [0.15, 0.2) is 0 Å². The van der Waals surface area contributed by atoms with Gasteiger partial charge in [-0.15, -0.1) is 0 Å². The molecule has 2 rings (SSSR count). The molecule has 0 aliphatic rings. The van der Waals surface area contributed by atoms with Gasteiger partial charge in [0.1, 0.15) is 0 Å². The van der Waals surface area contributed by atoms with Crippen LogP contribution in [0.4, 0.5) is 0 Å². The second kappa shape index (κ2) is 9.94. The Morgan fingerprint density at radius 1 is 0.962 bits per heavy atom. The van der Waals surface area contributed by atoms with Gasteiger partial charge in [0, 0.05) is 19.6 Å². The Morgan fingerprint density at radius 2 is 1.62 bits per heavy atom. The predicted molar refractivity (Wildman–Crippen MR) is 104 cm³/mol. The number of hydrogen-bond donors (Lipinski definition) is 1. The monoisotopic (exact) mass is 373 g/mol. The summed E-state index contributed by atoms with van der Waals surface area (Å²) in [5, 5.41) is 3.03. The molecule has 0 aliphatic heterocycles. The van der Waals surface area contributed by atoms with Crippen LogP contribution in [0.3, 0.4) is 0 Å². The van der Waals surface area contributed by atoms with Gasteiger partial charge in [-0.3, -0.25) is 9.59 Å². The molecule has 2 aromatic carbocycles. The van der Waals surface area contributed by atoms with Gasteiger partial charge in [0.2, 0.25) is 5.91 Å². The quantitative estimate of drug-likeness (QED) is 0.774. The predicted octanol–water partition coefficient (Wildman–Crippen LogP) is 2.66. The first-order chi connectivity index (χ1) is 12.5. The molecule has 1 N–H and O–H groups in total. The molecule has 2 amide bonds. The summed E-state index contributed by atoms with van der Waals surface area (Å²) in [7, 11) is 3.93. The molecule has 0 radical (unpaired) electrons. The highest BCUT2D eigenvalue weighted by molar-refractivity contribution is 6.33. The molecule has 6 heteroatoms. The first-order valence-corrected chi connectivity index (χ1v) is 8.84. The number of likely N-dealkylation sites (N-methyl/N-ethyl adjacent to an activating group) is 1. The Morgan fingerprint density at radius 3 is 2.27 bits per heavy atom. The van der Waals surface area contributed by atoms with Crippen molar-refractivity contribution >= 4 is 23.4 Å². The zero-order valence-corrected chi connectivity index (χ0v) is 15.9. The highest BCUT2D eigenvalue weighted by atomic mass is 35.5. The van der Waals surface area contributed by atoms with Crippen LogP contribution in [0.5, 0.6) is 0 Å². The lowest BCUT2D eigenvalue weighted by molar-refractivity contribution is -0.130. The summed E-state index contributed by atoms with van der Waals surface area (Å²) in [6, 6.07) is 16.6. The van der Waals surface area contributed by atoms with Crippen molar-refractivity contribution in [2.75, 3.05) is 33.7 Å². The van der Waals surface area contributed by atoms with Crippen LogP contribution >= 0.6 is 11.6 Å². The number of benzene rings is 2. The minimum absolute atomic E-state index is 0.0652. The van der Waals surface area contributed by atoms with Crippen molar-refractivity contribution < 1.29 is 9.59 Å². The van der Waals surface area contributed by atoms with Crippen LogP contribution in [0.1, 0.15) is 15.9 Å². The molecule has 2 aromatic rings. The van der Waals surface area contributed by atoms with Gasteiger partial charge >= 0.3 is 0 Å². The minimum Gasteiger partial charge on any atom is -0.343 e. The molecule has 0 fully saturated rings. The third-order valence-electron chi connectivity index (χ3n) is 3.90. The number of halogens is 1. The van der Waals surface area contributed by atoms with E-state index in [0.29, 0.717) is 23.7 Å². The van der Waals surface area contributed by atoms with Gasteiger partial charge in [0.05, 0.1) is 17.1 Å². The molecule has 26 heavy (non-hydrogen) atoms. The van der Waals surface area contributed by atoms with Crippen molar-refractivity contribution in [3.63, 3.8) is 0 Å². The molecule has 0 aliphatic carbocycles. The van der Waals surface area contributed by atoms with Crippen molar-refractivity contribution in [3.05, 3.63) is 70.7 Å². The van der Waals surface area contributed by atoms with Crippen molar-refractivity contribution in [2.24, 2.45) is 0 Å². The molecule has 0 atom stereocenters. The number of nitrogens with one attached hydrogen (secondary N) is 1. The van der Waals surface area contributed by atoms with Crippen LogP contribution in [0.15, 0.2) is 54.6 Å². The van der Waals surface area contributed by atoms with E-state index in [0.717, 1.165) is 12.1 Å². The van der Waals surface area contributed by atoms with Crippen LogP contribution in [0, 0.1) is 0 Å². The molecule has 5 nitrogen and oxygen atoms in total. The fourth-order valence-electron chi connectivity index (χ4n) is 2.42. The Labute approximate surface area is 159 Å². The molecule has 0 heterocycles. The van der Waals surface area contributed by atoms with Crippen LogP contribution in [0.25, 0.3) is 0 Å². The van der Waals surface area contributed by atoms with E-state index < -0.39 is 0 Å². The van der Waals surface area contributed by atoms with Gasteiger partial charge < -0.3 is 15.1 Å². The van der Waals surface area contributed by atoms with E-state index in [2.05, 4.69) is 5.32 Å². The first kappa shape index (κ1) is 19.9. The highest BCUT2D eigenvalue weighted by Gasteiger charge is 2.16. The van der Waals surface area contributed by atoms with Gasteiger partial charge in [-0.25, -0.2) is 0 Å². The third kappa shape index (κ3) is 6.17. The highest BCUT2D eigenvalue weighted by Crippen LogP contribution is 2.14. The van der Waals surface area contributed by atoms with Crippen molar-refractivity contribution in [1.82, 2.24) is 15.1 Å². The lowest BCUT2D eigenvalue weighted by Gasteiger charge is -2.25.